The average Bonchev–Trinajstić information content (AvgIpc) is 2.29. The summed E-state index contributed by atoms with van der Waals surface area (Å²) in [5.41, 5.74) is 1.16. The van der Waals surface area contributed by atoms with E-state index in [1.807, 2.05) is 6.92 Å². The number of likely N-dealkylation sites (N-methyl/N-ethyl adjacent to an activating group) is 1. The molecule has 0 bridgehead atoms. The van der Waals surface area contributed by atoms with E-state index in [4.69, 9.17) is 15.4 Å². The minimum atomic E-state index is -3.78. The van der Waals surface area contributed by atoms with Gasteiger partial charge >= 0.3 is 0 Å². The molecule has 106 valence electrons. The van der Waals surface area contributed by atoms with Crippen molar-refractivity contribution in [2.45, 2.75) is 25.7 Å². The second kappa shape index (κ2) is 6.25. The topological polar surface area (TPSA) is 72.5 Å². The van der Waals surface area contributed by atoms with E-state index in [1.54, 1.807) is 13.8 Å². The Kier molecular flexibility index (Phi) is 5.20. The number of ether oxygens (including phenoxy) is 1. The van der Waals surface area contributed by atoms with E-state index in [2.05, 4.69) is 5.32 Å². The molecule has 0 saturated heterocycles. The van der Waals surface area contributed by atoms with Crippen LogP contribution in [0, 0.1) is 13.8 Å². The molecule has 1 amide bonds. The zero-order valence-electron chi connectivity index (χ0n) is 11.0. The summed E-state index contributed by atoms with van der Waals surface area (Å²) in [6.45, 7) is 5.59. The van der Waals surface area contributed by atoms with Crippen LogP contribution in [0.1, 0.15) is 18.1 Å². The zero-order chi connectivity index (χ0) is 14.6. The van der Waals surface area contributed by atoms with Crippen molar-refractivity contribution in [2.75, 3.05) is 13.2 Å². The van der Waals surface area contributed by atoms with Crippen LogP contribution in [0.3, 0.4) is 0 Å². The van der Waals surface area contributed by atoms with E-state index in [0.29, 0.717) is 23.4 Å². The molecule has 0 fully saturated rings. The summed E-state index contributed by atoms with van der Waals surface area (Å²) in [6, 6.07) is 2.87. The van der Waals surface area contributed by atoms with Gasteiger partial charge in [-0.25, -0.2) is 8.42 Å². The Balaban J connectivity index is 2.95. The molecule has 0 aromatic heterocycles. The van der Waals surface area contributed by atoms with Crippen LogP contribution >= 0.6 is 10.7 Å². The number of nitrogens with one attached hydrogen (secondary N) is 1. The van der Waals surface area contributed by atoms with Crippen molar-refractivity contribution in [2.24, 2.45) is 0 Å². The van der Waals surface area contributed by atoms with Gasteiger partial charge in [-0.05, 0) is 44.0 Å². The lowest BCUT2D eigenvalue weighted by molar-refractivity contribution is -0.122. The van der Waals surface area contributed by atoms with Crippen molar-refractivity contribution < 1.29 is 17.9 Å². The maximum Gasteiger partial charge on any atom is 0.261 e. The largest absolute Gasteiger partial charge is 0.483 e. The Morgan fingerprint density at radius 1 is 1.32 bits per heavy atom. The molecular weight excluding hydrogens is 290 g/mol. The van der Waals surface area contributed by atoms with E-state index < -0.39 is 9.05 Å². The second-order valence-corrected chi connectivity index (χ2v) is 6.53. The Bertz CT molecular complexity index is 584. The summed E-state index contributed by atoms with van der Waals surface area (Å²) in [5.74, 6) is 0.237. The lowest BCUT2D eigenvalue weighted by Gasteiger charge is -2.12. The molecule has 0 unspecified atom stereocenters. The van der Waals surface area contributed by atoms with Gasteiger partial charge in [0.1, 0.15) is 5.75 Å². The summed E-state index contributed by atoms with van der Waals surface area (Å²) in [6.07, 6.45) is 0. The van der Waals surface area contributed by atoms with Crippen LogP contribution in [0.2, 0.25) is 0 Å². The Labute approximate surface area is 117 Å². The first-order valence-corrected chi connectivity index (χ1v) is 8.02. The number of amides is 1. The minimum Gasteiger partial charge on any atom is -0.483 e. The molecule has 19 heavy (non-hydrogen) atoms. The van der Waals surface area contributed by atoms with E-state index in [1.165, 1.54) is 12.1 Å². The first-order valence-electron chi connectivity index (χ1n) is 5.71. The highest BCUT2D eigenvalue weighted by atomic mass is 35.7. The summed E-state index contributed by atoms with van der Waals surface area (Å²) >= 11 is 0. The van der Waals surface area contributed by atoms with Crippen LogP contribution in [0.4, 0.5) is 0 Å². The molecule has 0 heterocycles. The second-order valence-electron chi connectivity index (χ2n) is 3.99. The van der Waals surface area contributed by atoms with Gasteiger partial charge in [0.25, 0.3) is 15.0 Å². The monoisotopic (exact) mass is 305 g/mol. The molecule has 1 aromatic rings. The van der Waals surface area contributed by atoms with Crippen LogP contribution < -0.4 is 10.1 Å². The molecule has 0 aliphatic heterocycles. The first-order chi connectivity index (χ1) is 8.77. The molecule has 1 N–H and O–H groups in total. The molecule has 0 spiro atoms. The molecular formula is C12H16ClNO4S. The van der Waals surface area contributed by atoms with Crippen LogP contribution in [-0.4, -0.2) is 27.5 Å². The van der Waals surface area contributed by atoms with Crippen LogP contribution in [0.5, 0.6) is 5.75 Å². The van der Waals surface area contributed by atoms with Gasteiger partial charge in [0.05, 0.1) is 4.90 Å². The van der Waals surface area contributed by atoms with Crippen molar-refractivity contribution in [1.82, 2.24) is 5.32 Å². The predicted octanol–water partition coefficient (Wildman–Crippen LogP) is 1.75. The fourth-order valence-electron chi connectivity index (χ4n) is 1.58. The number of benzene rings is 1. The third-order valence-corrected chi connectivity index (χ3v) is 4.15. The number of carbonyl (C=O) groups excluding carboxylic acids is 1. The summed E-state index contributed by atoms with van der Waals surface area (Å²) in [7, 11) is 1.55. The summed E-state index contributed by atoms with van der Waals surface area (Å²) in [5, 5.41) is 2.60. The predicted molar refractivity (Wildman–Crippen MR) is 73.1 cm³/mol. The van der Waals surface area contributed by atoms with Crippen LogP contribution in [0.25, 0.3) is 0 Å². The lowest BCUT2D eigenvalue weighted by atomic mass is 10.1. The highest BCUT2D eigenvalue weighted by Crippen LogP contribution is 2.28. The molecule has 0 aliphatic carbocycles. The molecule has 0 atom stereocenters. The Hall–Kier alpha value is -1.27. The van der Waals surface area contributed by atoms with E-state index in [9.17, 15) is 13.2 Å². The van der Waals surface area contributed by atoms with Crippen molar-refractivity contribution in [3.63, 3.8) is 0 Å². The number of rotatable bonds is 5. The number of halogens is 1. The highest BCUT2D eigenvalue weighted by molar-refractivity contribution is 8.13. The fraction of sp³-hybridized carbons (Fsp3) is 0.417. The molecule has 5 nitrogen and oxygen atoms in total. The van der Waals surface area contributed by atoms with Crippen LogP contribution in [-0.2, 0) is 13.8 Å². The van der Waals surface area contributed by atoms with Crippen molar-refractivity contribution in [3.8, 4) is 5.75 Å². The third-order valence-electron chi connectivity index (χ3n) is 2.68. The van der Waals surface area contributed by atoms with Gasteiger partial charge in [-0.2, -0.15) is 0 Å². The van der Waals surface area contributed by atoms with Gasteiger partial charge in [-0.15, -0.1) is 0 Å². The van der Waals surface area contributed by atoms with E-state index in [0.717, 1.165) is 0 Å². The molecule has 0 radical (unpaired) electrons. The molecule has 7 heteroatoms. The first kappa shape index (κ1) is 15.8. The third kappa shape index (κ3) is 4.11. The molecule has 1 rings (SSSR count). The lowest BCUT2D eigenvalue weighted by Crippen LogP contribution is -2.28. The van der Waals surface area contributed by atoms with Crippen LogP contribution in [0.15, 0.2) is 17.0 Å². The van der Waals surface area contributed by atoms with E-state index >= 15 is 0 Å². The fourth-order valence-corrected chi connectivity index (χ4v) is 2.83. The van der Waals surface area contributed by atoms with Crippen molar-refractivity contribution >= 4 is 25.6 Å². The molecule has 0 aliphatic rings. The van der Waals surface area contributed by atoms with Crippen molar-refractivity contribution in [3.05, 3.63) is 23.3 Å². The van der Waals surface area contributed by atoms with Gasteiger partial charge in [-0.1, -0.05) is 0 Å². The van der Waals surface area contributed by atoms with Crippen molar-refractivity contribution in [1.29, 1.82) is 0 Å². The normalized spacial score (nSPS) is 11.2. The average molecular weight is 306 g/mol. The van der Waals surface area contributed by atoms with Gasteiger partial charge in [0.15, 0.2) is 6.61 Å². The standard InChI is InChI=1S/C12H16ClNO4S/c1-4-14-12(15)7-18-10-5-6-11(19(13,16)17)9(3)8(10)2/h5-6H,4,7H2,1-3H3,(H,14,15). The number of hydrogen-bond acceptors (Lipinski definition) is 4. The van der Waals surface area contributed by atoms with Gasteiger partial charge in [0.2, 0.25) is 0 Å². The number of hydrogen-bond donors (Lipinski definition) is 1. The SMILES string of the molecule is CCNC(=O)COc1ccc(S(=O)(=O)Cl)c(C)c1C. The zero-order valence-corrected chi connectivity index (χ0v) is 12.6. The minimum absolute atomic E-state index is 0.0528. The number of carbonyl (C=O) groups is 1. The van der Waals surface area contributed by atoms with Gasteiger partial charge in [0, 0.05) is 17.2 Å². The Morgan fingerprint density at radius 3 is 2.47 bits per heavy atom. The highest BCUT2D eigenvalue weighted by Gasteiger charge is 2.17. The van der Waals surface area contributed by atoms with Gasteiger partial charge < -0.3 is 10.1 Å². The molecule has 1 aromatic carbocycles. The maximum atomic E-state index is 11.3. The molecule has 0 saturated carbocycles. The summed E-state index contributed by atoms with van der Waals surface area (Å²) in [4.78, 5) is 11.3. The smallest absolute Gasteiger partial charge is 0.261 e. The van der Waals surface area contributed by atoms with Gasteiger partial charge in [-0.3, -0.25) is 4.79 Å². The summed E-state index contributed by atoms with van der Waals surface area (Å²) < 4.78 is 28.0. The maximum absolute atomic E-state index is 11.3. The van der Waals surface area contributed by atoms with E-state index in [-0.39, 0.29) is 17.4 Å². The quantitative estimate of drug-likeness (QED) is 0.841. The Morgan fingerprint density at radius 2 is 1.95 bits per heavy atom.